The van der Waals surface area contributed by atoms with Crippen LogP contribution in [0.1, 0.15) is 77.0 Å². The Balaban J connectivity index is 1.22. The van der Waals surface area contributed by atoms with Crippen LogP contribution in [-0.2, 0) is 14.3 Å². The molecule has 0 aromatic carbocycles. The smallest absolute Gasteiger partial charge is 0.225 e. The minimum absolute atomic E-state index is 0.221. The highest BCUT2D eigenvalue weighted by Crippen LogP contribution is 2.33. The lowest BCUT2D eigenvalue weighted by molar-refractivity contribution is -0.134. The zero-order valence-electron chi connectivity index (χ0n) is 18.7. The van der Waals surface area contributed by atoms with Crippen molar-refractivity contribution in [2.75, 3.05) is 39.4 Å². The second-order valence-corrected chi connectivity index (χ2v) is 9.95. The molecule has 2 saturated carbocycles. The fraction of sp³-hybridized carbons (Fsp3) is 0.917. The molecule has 2 aliphatic carbocycles. The van der Waals surface area contributed by atoms with Crippen LogP contribution in [0.2, 0.25) is 0 Å². The number of rotatable bonds is 9. The molecular weight excluding hydrogens is 378 g/mol. The fourth-order valence-corrected chi connectivity index (χ4v) is 5.73. The van der Waals surface area contributed by atoms with Crippen molar-refractivity contribution in [3.63, 3.8) is 0 Å². The molecule has 4 fully saturated rings. The van der Waals surface area contributed by atoms with Crippen molar-refractivity contribution >= 4 is 11.8 Å². The summed E-state index contributed by atoms with van der Waals surface area (Å²) in [5, 5.41) is 3.19. The van der Waals surface area contributed by atoms with Crippen LogP contribution in [0, 0.1) is 11.8 Å². The number of carbonyl (C=O) groups is 2. The Hall–Kier alpha value is -1.14. The van der Waals surface area contributed by atoms with E-state index in [4.69, 9.17) is 4.74 Å². The van der Waals surface area contributed by atoms with E-state index in [9.17, 15) is 9.59 Å². The number of carbonyl (C=O) groups excluding carboxylic acids is 2. The molecule has 4 aliphatic rings. The van der Waals surface area contributed by atoms with Crippen LogP contribution in [0.5, 0.6) is 0 Å². The molecule has 0 aromatic rings. The second kappa shape index (κ2) is 10.9. The Kier molecular flexibility index (Phi) is 8.05. The summed E-state index contributed by atoms with van der Waals surface area (Å²) < 4.78 is 5.59. The van der Waals surface area contributed by atoms with E-state index in [0.717, 1.165) is 90.3 Å². The van der Waals surface area contributed by atoms with Gasteiger partial charge >= 0.3 is 0 Å². The molecule has 2 saturated heterocycles. The van der Waals surface area contributed by atoms with Crippen LogP contribution < -0.4 is 5.32 Å². The molecule has 6 heteroatoms. The molecule has 2 heterocycles. The maximum atomic E-state index is 12.4. The van der Waals surface area contributed by atoms with Crippen molar-refractivity contribution in [1.82, 2.24) is 15.1 Å². The average Bonchev–Trinajstić information content (AvgIpc) is 3.51. The normalized spacial score (nSPS) is 24.5. The first kappa shape index (κ1) is 22.1. The monoisotopic (exact) mass is 419 g/mol. The van der Waals surface area contributed by atoms with Gasteiger partial charge in [0.1, 0.15) is 0 Å². The minimum Gasteiger partial charge on any atom is -0.381 e. The molecule has 0 spiro atoms. The molecule has 6 nitrogen and oxygen atoms in total. The highest BCUT2D eigenvalue weighted by molar-refractivity contribution is 5.81. The molecule has 4 rings (SSSR count). The van der Waals surface area contributed by atoms with E-state index in [1.165, 1.54) is 25.7 Å². The summed E-state index contributed by atoms with van der Waals surface area (Å²) in [4.78, 5) is 29.5. The zero-order chi connectivity index (χ0) is 20.8. The van der Waals surface area contributed by atoms with Crippen LogP contribution in [0.4, 0.5) is 0 Å². The van der Waals surface area contributed by atoms with Crippen LogP contribution in [0.25, 0.3) is 0 Å². The lowest BCUT2D eigenvalue weighted by Crippen LogP contribution is -2.53. The van der Waals surface area contributed by atoms with Crippen LogP contribution in [0.15, 0.2) is 0 Å². The maximum absolute atomic E-state index is 12.4. The zero-order valence-corrected chi connectivity index (χ0v) is 18.7. The number of amides is 2. The first-order chi connectivity index (χ1) is 14.7. The van der Waals surface area contributed by atoms with Gasteiger partial charge in [-0.2, -0.15) is 0 Å². The Morgan fingerprint density at radius 3 is 2.23 bits per heavy atom. The molecule has 30 heavy (non-hydrogen) atoms. The third-order valence-electron chi connectivity index (χ3n) is 7.78. The first-order valence-electron chi connectivity index (χ1n) is 12.6. The Morgan fingerprint density at radius 2 is 1.57 bits per heavy atom. The van der Waals surface area contributed by atoms with Crippen LogP contribution in [0.3, 0.4) is 0 Å². The molecular formula is C24H41N3O3. The van der Waals surface area contributed by atoms with Gasteiger partial charge in [-0.05, 0) is 50.9 Å². The molecule has 0 unspecified atom stereocenters. The standard InChI is InChI=1S/C24H41N3O3/c28-23(8-5-19-3-1-2-4-19)25-13-16-27(22-11-17-30-18-12-22)21-9-14-26(15-10-21)24(29)20-6-7-20/h19-22H,1-18H2,(H,25,28). The van der Waals surface area contributed by atoms with Gasteiger partial charge in [-0.3, -0.25) is 14.5 Å². The second-order valence-electron chi connectivity index (χ2n) is 9.95. The Morgan fingerprint density at radius 1 is 0.900 bits per heavy atom. The summed E-state index contributed by atoms with van der Waals surface area (Å²) in [7, 11) is 0. The van der Waals surface area contributed by atoms with Gasteiger partial charge in [0.05, 0.1) is 0 Å². The van der Waals surface area contributed by atoms with Gasteiger partial charge in [-0.25, -0.2) is 0 Å². The average molecular weight is 420 g/mol. The van der Waals surface area contributed by atoms with Crippen molar-refractivity contribution in [3.8, 4) is 0 Å². The predicted octanol–water partition coefficient (Wildman–Crippen LogP) is 2.96. The van der Waals surface area contributed by atoms with Crippen LogP contribution >= 0.6 is 0 Å². The van der Waals surface area contributed by atoms with Crippen molar-refractivity contribution in [2.24, 2.45) is 11.8 Å². The lowest BCUT2D eigenvalue weighted by Gasteiger charge is -2.43. The van der Waals surface area contributed by atoms with Gasteiger partial charge in [-0.1, -0.05) is 25.7 Å². The van der Waals surface area contributed by atoms with E-state index >= 15 is 0 Å². The van der Waals surface area contributed by atoms with Gasteiger partial charge in [0.25, 0.3) is 0 Å². The molecule has 0 atom stereocenters. The van der Waals surface area contributed by atoms with Gasteiger partial charge in [-0.15, -0.1) is 0 Å². The summed E-state index contributed by atoms with van der Waals surface area (Å²) in [5.41, 5.74) is 0. The Labute approximate surface area is 182 Å². The number of hydrogen-bond donors (Lipinski definition) is 1. The van der Waals surface area contributed by atoms with Crippen molar-refractivity contribution in [2.45, 2.75) is 89.1 Å². The highest BCUT2D eigenvalue weighted by Gasteiger charge is 2.37. The minimum atomic E-state index is 0.221. The first-order valence-corrected chi connectivity index (χ1v) is 12.6. The fourth-order valence-electron chi connectivity index (χ4n) is 5.73. The third-order valence-corrected chi connectivity index (χ3v) is 7.78. The van der Waals surface area contributed by atoms with Crippen molar-refractivity contribution in [1.29, 1.82) is 0 Å². The molecule has 2 aliphatic heterocycles. The predicted molar refractivity (Wildman–Crippen MR) is 117 cm³/mol. The number of nitrogens with one attached hydrogen (secondary N) is 1. The van der Waals surface area contributed by atoms with E-state index in [-0.39, 0.29) is 5.91 Å². The van der Waals surface area contributed by atoms with E-state index in [1.54, 1.807) is 0 Å². The van der Waals surface area contributed by atoms with Crippen molar-refractivity contribution < 1.29 is 14.3 Å². The number of piperidine rings is 1. The topological polar surface area (TPSA) is 61.9 Å². The SMILES string of the molecule is O=C(CCC1CCCC1)NCCN(C1CCOCC1)C1CCN(C(=O)C2CC2)CC1. The highest BCUT2D eigenvalue weighted by atomic mass is 16.5. The van der Waals surface area contributed by atoms with E-state index in [2.05, 4.69) is 15.1 Å². The van der Waals surface area contributed by atoms with Gasteiger partial charge in [0, 0.05) is 63.8 Å². The molecule has 0 aromatic heterocycles. The quantitative estimate of drug-likeness (QED) is 0.624. The summed E-state index contributed by atoms with van der Waals surface area (Å²) in [6.07, 6.45) is 13.5. The van der Waals surface area contributed by atoms with Gasteiger partial charge in [0.15, 0.2) is 0 Å². The number of nitrogens with zero attached hydrogens (tertiary/aromatic N) is 2. The van der Waals surface area contributed by atoms with Crippen molar-refractivity contribution in [3.05, 3.63) is 0 Å². The number of ether oxygens (including phenoxy) is 1. The summed E-state index contributed by atoms with van der Waals surface area (Å²) in [5.74, 6) is 1.71. The van der Waals surface area contributed by atoms with E-state index in [1.807, 2.05) is 0 Å². The largest absolute Gasteiger partial charge is 0.381 e. The number of likely N-dealkylation sites (tertiary alicyclic amines) is 1. The number of hydrogen-bond acceptors (Lipinski definition) is 4. The Bertz CT molecular complexity index is 560. The lowest BCUT2D eigenvalue weighted by atomic mass is 9.97. The van der Waals surface area contributed by atoms with Gasteiger partial charge < -0.3 is 15.0 Å². The summed E-state index contributed by atoms with van der Waals surface area (Å²) in [6.45, 7) is 5.13. The third kappa shape index (κ3) is 6.19. The summed E-state index contributed by atoms with van der Waals surface area (Å²) in [6, 6.07) is 1.07. The molecule has 170 valence electrons. The molecule has 0 radical (unpaired) electrons. The summed E-state index contributed by atoms with van der Waals surface area (Å²) >= 11 is 0. The van der Waals surface area contributed by atoms with Gasteiger partial charge in [0.2, 0.25) is 11.8 Å². The van der Waals surface area contributed by atoms with E-state index < -0.39 is 0 Å². The molecule has 2 amide bonds. The maximum Gasteiger partial charge on any atom is 0.225 e. The van der Waals surface area contributed by atoms with E-state index in [0.29, 0.717) is 30.3 Å². The molecule has 0 bridgehead atoms. The van der Waals surface area contributed by atoms with Crippen LogP contribution in [-0.4, -0.2) is 73.1 Å². The molecule has 1 N–H and O–H groups in total.